The first kappa shape index (κ1) is 15.5. The molecule has 0 radical (unpaired) electrons. The normalized spacial score (nSPS) is 18.0. The van der Waals surface area contributed by atoms with Crippen molar-refractivity contribution in [3.05, 3.63) is 35.4 Å². The second-order valence-electron chi connectivity index (χ2n) is 6.38. The number of hydrogen-bond acceptors (Lipinski definition) is 3. The van der Waals surface area contributed by atoms with E-state index in [2.05, 4.69) is 30.3 Å². The van der Waals surface area contributed by atoms with Crippen LogP contribution >= 0.6 is 0 Å². The van der Waals surface area contributed by atoms with Gasteiger partial charge in [0.05, 0.1) is 18.1 Å². The zero-order chi connectivity index (χ0) is 15.3. The van der Waals surface area contributed by atoms with Crippen molar-refractivity contribution in [3.63, 3.8) is 0 Å². The molecule has 4 heteroatoms. The van der Waals surface area contributed by atoms with Gasteiger partial charge in [-0.25, -0.2) is 0 Å². The summed E-state index contributed by atoms with van der Waals surface area (Å²) in [5.74, 6) is 0.0554. The third kappa shape index (κ3) is 4.57. The molecular weight excluding hydrogens is 262 g/mol. The van der Waals surface area contributed by atoms with Gasteiger partial charge in [0.1, 0.15) is 0 Å². The fraction of sp³-hybridized carbons (Fsp3) is 0.529. The number of benzene rings is 1. The average molecular weight is 285 g/mol. The molecule has 1 aromatic carbocycles. The molecule has 1 fully saturated rings. The Balaban J connectivity index is 1.80. The lowest BCUT2D eigenvalue weighted by atomic mass is 9.80. The number of amides is 1. The Hall–Kier alpha value is -1.86. The van der Waals surface area contributed by atoms with Gasteiger partial charge in [0.25, 0.3) is 0 Å². The van der Waals surface area contributed by atoms with Gasteiger partial charge in [0, 0.05) is 6.54 Å². The molecule has 2 rings (SSSR count). The largest absolute Gasteiger partial charge is 0.355 e. The van der Waals surface area contributed by atoms with Crippen LogP contribution < -0.4 is 5.32 Å². The van der Waals surface area contributed by atoms with E-state index >= 15 is 0 Å². The molecule has 0 aliphatic carbocycles. The molecule has 1 aliphatic rings. The zero-order valence-electron chi connectivity index (χ0n) is 12.9. The summed E-state index contributed by atoms with van der Waals surface area (Å²) in [5.41, 5.74) is 1.78. The molecule has 1 saturated heterocycles. The molecule has 0 atom stereocenters. The number of hydrogen-bond donors (Lipinski definition) is 1. The molecule has 1 N–H and O–H groups in total. The molecule has 1 heterocycles. The first-order valence-corrected chi connectivity index (χ1v) is 7.45. The van der Waals surface area contributed by atoms with Crippen molar-refractivity contribution in [2.75, 3.05) is 26.7 Å². The first-order chi connectivity index (χ1) is 10.0. The Morgan fingerprint density at radius 1 is 1.33 bits per heavy atom. The second-order valence-corrected chi connectivity index (χ2v) is 6.38. The quantitative estimate of drug-likeness (QED) is 0.920. The molecule has 21 heavy (non-hydrogen) atoms. The van der Waals surface area contributed by atoms with Crippen molar-refractivity contribution in [1.82, 2.24) is 10.2 Å². The van der Waals surface area contributed by atoms with Crippen molar-refractivity contribution in [2.45, 2.75) is 26.2 Å². The molecular formula is C17H23N3O. The van der Waals surface area contributed by atoms with Gasteiger partial charge in [0.15, 0.2) is 0 Å². The number of likely N-dealkylation sites (tertiary alicyclic amines) is 1. The van der Waals surface area contributed by atoms with Crippen LogP contribution in [0.4, 0.5) is 0 Å². The summed E-state index contributed by atoms with van der Waals surface area (Å²) >= 11 is 0. The molecule has 0 unspecified atom stereocenters. The highest BCUT2D eigenvalue weighted by Crippen LogP contribution is 2.29. The van der Waals surface area contributed by atoms with E-state index in [1.165, 1.54) is 0 Å². The fourth-order valence-electron chi connectivity index (χ4n) is 2.59. The monoisotopic (exact) mass is 285 g/mol. The Bertz CT molecular complexity index is 522. The number of carbonyl (C=O) groups is 1. The maximum atomic E-state index is 12.0. The van der Waals surface area contributed by atoms with Crippen LogP contribution in [0.3, 0.4) is 0 Å². The van der Waals surface area contributed by atoms with E-state index in [-0.39, 0.29) is 11.3 Å². The lowest BCUT2D eigenvalue weighted by Crippen LogP contribution is -2.43. The van der Waals surface area contributed by atoms with Gasteiger partial charge in [-0.1, -0.05) is 19.1 Å². The van der Waals surface area contributed by atoms with E-state index in [0.29, 0.717) is 12.0 Å². The summed E-state index contributed by atoms with van der Waals surface area (Å²) in [6.45, 7) is 5.20. The number of nitrogens with one attached hydrogen (secondary N) is 1. The van der Waals surface area contributed by atoms with Gasteiger partial charge in [0.2, 0.25) is 5.91 Å². The highest BCUT2D eigenvalue weighted by molar-refractivity contribution is 5.78. The maximum absolute atomic E-state index is 12.0. The molecule has 4 nitrogen and oxygen atoms in total. The van der Waals surface area contributed by atoms with Gasteiger partial charge >= 0.3 is 0 Å². The van der Waals surface area contributed by atoms with Crippen LogP contribution in [-0.4, -0.2) is 37.5 Å². The van der Waals surface area contributed by atoms with Gasteiger partial charge in [-0.2, -0.15) is 5.26 Å². The van der Waals surface area contributed by atoms with Crippen molar-refractivity contribution in [1.29, 1.82) is 5.26 Å². The summed E-state index contributed by atoms with van der Waals surface area (Å²) < 4.78 is 0. The van der Waals surface area contributed by atoms with E-state index in [1.807, 2.05) is 12.1 Å². The molecule has 0 aromatic heterocycles. The van der Waals surface area contributed by atoms with E-state index in [4.69, 9.17) is 5.26 Å². The lowest BCUT2D eigenvalue weighted by molar-refractivity contribution is -0.121. The van der Waals surface area contributed by atoms with E-state index in [9.17, 15) is 4.79 Å². The highest BCUT2D eigenvalue weighted by atomic mass is 16.1. The standard InChI is InChI=1S/C17H23N3O/c1-17(7-9-20(2)10-8-17)13-19-16(21)11-14-3-5-15(12-18)6-4-14/h3-6H,7-11,13H2,1-2H3,(H,19,21). The van der Waals surface area contributed by atoms with Gasteiger partial charge in [-0.3, -0.25) is 4.79 Å². The van der Waals surface area contributed by atoms with Crippen LogP contribution in [0.1, 0.15) is 30.9 Å². The van der Waals surface area contributed by atoms with Crippen LogP contribution in [0.2, 0.25) is 0 Å². The van der Waals surface area contributed by atoms with Crippen molar-refractivity contribution in [2.24, 2.45) is 5.41 Å². The summed E-state index contributed by atoms with van der Waals surface area (Å²) in [4.78, 5) is 14.4. The van der Waals surface area contributed by atoms with Crippen molar-refractivity contribution in [3.8, 4) is 6.07 Å². The third-order valence-corrected chi connectivity index (χ3v) is 4.35. The first-order valence-electron chi connectivity index (χ1n) is 7.45. The predicted octanol–water partition coefficient (Wildman–Crippen LogP) is 1.95. The van der Waals surface area contributed by atoms with E-state index in [0.717, 1.165) is 38.0 Å². The number of piperidine rings is 1. The smallest absolute Gasteiger partial charge is 0.224 e. The van der Waals surface area contributed by atoms with Gasteiger partial charge in [-0.15, -0.1) is 0 Å². The third-order valence-electron chi connectivity index (χ3n) is 4.35. The Morgan fingerprint density at radius 2 is 1.95 bits per heavy atom. The van der Waals surface area contributed by atoms with Crippen molar-refractivity contribution >= 4 is 5.91 Å². The van der Waals surface area contributed by atoms with E-state index in [1.54, 1.807) is 12.1 Å². The molecule has 0 bridgehead atoms. The SMILES string of the molecule is CN1CCC(C)(CNC(=O)Cc2ccc(C#N)cc2)CC1. The van der Waals surface area contributed by atoms with E-state index < -0.39 is 0 Å². The van der Waals surface area contributed by atoms with Crippen LogP contribution in [0.25, 0.3) is 0 Å². The topological polar surface area (TPSA) is 56.1 Å². The number of nitrogens with zero attached hydrogens (tertiary/aromatic N) is 2. The zero-order valence-corrected chi connectivity index (χ0v) is 12.9. The summed E-state index contributed by atoms with van der Waals surface area (Å²) in [7, 11) is 2.14. The van der Waals surface area contributed by atoms with Crippen LogP contribution in [0.5, 0.6) is 0 Å². The van der Waals surface area contributed by atoms with Gasteiger partial charge in [-0.05, 0) is 56.1 Å². The Morgan fingerprint density at radius 3 is 2.52 bits per heavy atom. The average Bonchev–Trinajstić information content (AvgIpc) is 2.50. The van der Waals surface area contributed by atoms with Crippen LogP contribution in [-0.2, 0) is 11.2 Å². The minimum absolute atomic E-state index is 0.0554. The molecule has 112 valence electrons. The second kappa shape index (κ2) is 6.73. The van der Waals surface area contributed by atoms with Crippen LogP contribution in [0, 0.1) is 16.7 Å². The molecule has 1 aromatic rings. The number of rotatable bonds is 4. The molecule has 1 amide bonds. The summed E-state index contributed by atoms with van der Waals surface area (Å²) in [5, 5.41) is 11.8. The summed E-state index contributed by atoms with van der Waals surface area (Å²) in [6, 6.07) is 9.27. The Labute approximate surface area is 126 Å². The predicted molar refractivity (Wildman–Crippen MR) is 82.7 cm³/mol. The number of nitriles is 1. The fourth-order valence-corrected chi connectivity index (χ4v) is 2.59. The number of carbonyl (C=O) groups excluding carboxylic acids is 1. The minimum atomic E-state index is 0.0554. The summed E-state index contributed by atoms with van der Waals surface area (Å²) in [6.07, 6.45) is 2.63. The van der Waals surface area contributed by atoms with Crippen molar-refractivity contribution < 1.29 is 4.79 Å². The minimum Gasteiger partial charge on any atom is -0.355 e. The molecule has 0 spiro atoms. The Kier molecular flexibility index (Phi) is 4.98. The lowest BCUT2D eigenvalue weighted by Gasteiger charge is -2.37. The maximum Gasteiger partial charge on any atom is 0.224 e. The van der Waals surface area contributed by atoms with Crippen LogP contribution in [0.15, 0.2) is 24.3 Å². The molecule has 1 aliphatic heterocycles. The van der Waals surface area contributed by atoms with Gasteiger partial charge < -0.3 is 10.2 Å². The molecule has 0 saturated carbocycles. The highest BCUT2D eigenvalue weighted by Gasteiger charge is 2.29.